The summed E-state index contributed by atoms with van der Waals surface area (Å²) in [7, 11) is 0. The zero-order valence-corrected chi connectivity index (χ0v) is 13.3. The van der Waals surface area contributed by atoms with E-state index in [9.17, 15) is 0 Å². The summed E-state index contributed by atoms with van der Waals surface area (Å²) in [5, 5.41) is 0. The van der Waals surface area contributed by atoms with Crippen molar-refractivity contribution in [2.45, 2.75) is 41.5 Å². The third kappa shape index (κ3) is 2.94. The zero-order valence-electron chi connectivity index (χ0n) is 13.3. The van der Waals surface area contributed by atoms with Crippen LogP contribution in [0.15, 0.2) is 24.3 Å². The quantitative estimate of drug-likeness (QED) is 0.590. The van der Waals surface area contributed by atoms with Crippen LogP contribution in [0.25, 0.3) is 0 Å². The van der Waals surface area contributed by atoms with Gasteiger partial charge < -0.3 is 0 Å². The van der Waals surface area contributed by atoms with Crippen molar-refractivity contribution in [3.63, 3.8) is 0 Å². The SMILES string of the molecule is Cc1cc(C)c(C#Cc2cc(C)c(C)c(C)c2)c(C)c1. The summed E-state index contributed by atoms with van der Waals surface area (Å²) in [6, 6.07) is 8.74. The predicted octanol–water partition coefficient (Wildman–Crippen LogP) is 4.94. The molecule has 0 heterocycles. The van der Waals surface area contributed by atoms with E-state index in [0.717, 1.165) is 11.1 Å². The molecule has 2 aromatic carbocycles. The lowest BCUT2D eigenvalue weighted by molar-refractivity contribution is 1.26. The average Bonchev–Trinajstić information content (AvgIpc) is 2.34. The van der Waals surface area contributed by atoms with Crippen LogP contribution < -0.4 is 0 Å². The molecule has 0 N–H and O–H groups in total. The molecule has 0 heteroatoms. The Hall–Kier alpha value is -2.00. The maximum Gasteiger partial charge on any atom is 0.0307 e. The lowest BCUT2D eigenvalue weighted by Crippen LogP contribution is -1.91. The Morgan fingerprint density at radius 3 is 1.60 bits per heavy atom. The van der Waals surface area contributed by atoms with Crippen molar-refractivity contribution >= 4 is 0 Å². The first-order chi connectivity index (χ1) is 9.38. The van der Waals surface area contributed by atoms with Crippen LogP contribution in [0.2, 0.25) is 0 Å². The Labute approximate surface area is 122 Å². The molecule has 0 atom stereocenters. The van der Waals surface area contributed by atoms with Gasteiger partial charge in [-0.2, -0.15) is 0 Å². The van der Waals surface area contributed by atoms with Gasteiger partial charge in [0.1, 0.15) is 0 Å². The molecule has 0 nitrogen and oxygen atoms in total. The summed E-state index contributed by atoms with van der Waals surface area (Å²) >= 11 is 0. The van der Waals surface area contributed by atoms with Crippen molar-refractivity contribution < 1.29 is 0 Å². The van der Waals surface area contributed by atoms with E-state index in [-0.39, 0.29) is 0 Å². The minimum absolute atomic E-state index is 1.10. The largest absolute Gasteiger partial charge is 0.0616 e. The molecule has 0 amide bonds. The van der Waals surface area contributed by atoms with Crippen LogP contribution in [0.1, 0.15) is 44.5 Å². The van der Waals surface area contributed by atoms with Crippen molar-refractivity contribution in [3.05, 3.63) is 68.8 Å². The Kier molecular flexibility index (Phi) is 4.00. The first-order valence-electron chi connectivity index (χ1n) is 7.06. The second-order valence-corrected chi connectivity index (χ2v) is 5.76. The Balaban J connectivity index is 2.47. The second kappa shape index (κ2) is 5.55. The van der Waals surface area contributed by atoms with Gasteiger partial charge in [0.25, 0.3) is 0 Å². The molecule has 0 fully saturated rings. The number of benzene rings is 2. The minimum Gasteiger partial charge on any atom is -0.0616 e. The van der Waals surface area contributed by atoms with E-state index in [2.05, 4.69) is 77.6 Å². The number of aryl methyl sites for hydroxylation is 5. The highest BCUT2D eigenvalue weighted by molar-refractivity contribution is 5.52. The summed E-state index contributed by atoms with van der Waals surface area (Å²) in [6.45, 7) is 12.9. The lowest BCUT2D eigenvalue weighted by atomic mass is 9.98. The van der Waals surface area contributed by atoms with Crippen molar-refractivity contribution in [1.29, 1.82) is 0 Å². The molecule has 0 spiro atoms. The summed E-state index contributed by atoms with van der Waals surface area (Å²) < 4.78 is 0. The normalized spacial score (nSPS) is 10.1. The van der Waals surface area contributed by atoms with Gasteiger partial charge in [-0.25, -0.2) is 0 Å². The van der Waals surface area contributed by atoms with Crippen LogP contribution in [0.5, 0.6) is 0 Å². The van der Waals surface area contributed by atoms with Crippen LogP contribution >= 0.6 is 0 Å². The smallest absolute Gasteiger partial charge is 0.0307 e. The van der Waals surface area contributed by atoms with E-state index in [4.69, 9.17) is 0 Å². The van der Waals surface area contributed by atoms with Crippen molar-refractivity contribution in [2.75, 3.05) is 0 Å². The van der Waals surface area contributed by atoms with Gasteiger partial charge in [-0.1, -0.05) is 29.5 Å². The molecular formula is C20H22. The van der Waals surface area contributed by atoms with E-state index in [1.54, 1.807) is 0 Å². The summed E-state index contributed by atoms with van der Waals surface area (Å²) in [5.74, 6) is 6.67. The average molecular weight is 262 g/mol. The molecule has 2 rings (SSSR count). The van der Waals surface area contributed by atoms with Gasteiger partial charge in [0.05, 0.1) is 0 Å². The van der Waals surface area contributed by atoms with E-state index in [1.807, 2.05) is 0 Å². The van der Waals surface area contributed by atoms with E-state index < -0.39 is 0 Å². The first kappa shape index (κ1) is 14.4. The fraction of sp³-hybridized carbons (Fsp3) is 0.300. The highest BCUT2D eigenvalue weighted by Crippen LogP contribution is 2.17. The highest BCUT2D eigenvalue weighted by Gasteiger charge is 2.01. The summed E-state index contributed by atoms with van der Waals surface area (Å²) in [5.41, 5.74) is 10.1. The standard InChI is InChI=1S/C20H22/c1-13-9-16(4)20(17(5)10-13)8-7-19-11-14(2)18(6)15(3)12-19/h9-12H,1-6H3. The summed E-state index contributed by atoms with van der Waals surface area (Å²) in [6.07, 6.45) is 0. The van der Waals surface area contributed by atoms with Crippen LogP contribution in [0.4, 0.5) is 0 Å². The van der Waals surface area contributed by atoms with Gasteiger partial charge in [-0.3, -0.25) is 0 Å². The topological polar surface area (TPSA) is 0 Å². The molecule has 0 saturated heterocycles. The number of hydrogen-bond acceptors (Lipinski definition) is 0. The molecule has 102 valence electrons. The first-order valence-corrected chi connectivity index (χ1v) is 7.06. The maximum atomic E-state index is 3.35. The zero-order chi connectivity index (χ0) is 14.9. The fourth-order valence-corrected chi connectivity index (χ4v) is 2.62. The van der Waals surface area contributed by atoms with Crippen molar-refractivity contribution in [1.82, 2.24) is 0 Å². The van der Waals surface area contributed by atoms with Crippen molar-refractivity contribution in [3.8, 4) is 11.8 Å². The third-order valence-corrected chi connectivity index (χ3v) is 3.94. The molecule has 0 aromatic heterocycles. The molecule has 20 heavy (non-hydrogen) atoms. The third-order valence-electron chi connectivity index (χ3n) is 3.94. The van der Waals surface area contributed by atoms with E-state index in [1.165, 1.54) is 33.4 Å². The minimum atomic E-state index is 1.10. The lowest BCUT2D eigenvalue weighted by Gasteiger charge is -2.06. The van der Waals surface area contributed by atoms with Gasteiger partial charge in [-0.15, -0.1) is 0 Å². The van der Waals surface area contributed by atoms with Gasteiger partial charge in [0.2, 0.25) is 0 Å². The van der Waals surface area contributed by atoms with Gasteiger partial charge >= 0.3 is 0 Å². The van der Waals surface area contributed by atoms with E-state index >= 15 is 0 Å². The number of hydrogen-bond donors (Lipinski definition) is 0. The van der Waals surface area contributed by atoms with Crippen LogP contribution in [-0.4, -0.2) is 0 Å². The highest BCUT2D eigenvalue weighted by atomic mass is 14.1. The molecule has 0 aliphatic rings. The van der Waals surface area contributed by atoms with Crippen LogP contribution in [0, 0.1) is 53.4 Å². The van der Waals surface area contributed by atoms with Gasteiger partial charge in [0.15, 0.2) is 0 Å². The Morgan fingerprint density at radius 1 is 0.600 bits per heavy atom. The van der Waals surface area contributed by atoms with E-state index in [0.29, 0.717) is 0 Å². The monoisotopic (exact) mass is 262 g/mol. The summed E-state index contributed by atoms with van der Waals surface area (Å²) in [4.78, 5) is 0. The molecule has 0 aliphatic heterocycles. The number of rotatable bonds is 0. The molecule has 0 aliphatic carbocycles. The molecule has 2 aromatic rings. The molecule has 0 unspecified atom stereocenters. The van der Waals surface area contributed by atoms with Crippen LogP contribution in [-0.2, 0) is 0 Å². The predicted molar refractivity (Wildman–Crippen MR) is 87.3 cm³/mol. The molecule has 0 radical (unpaired) electrons. The van der Waals surface area contributed by atoms with Gasteiger partial charge in [0, 0.05) is 11.1 Å². The van der Waals surface area contributed by atoms with Gasteiger partial charge in [-0.05, 0) is 81.5 Å². The second-order valence-electron chi connectivity index (χ2n) is 5.76. The molecule has 0 bridgehead atoms. The maximum absolute atomic E-state index is 3.35. The Morgan fingerprint density at radius 2 is 1.10 bits per heavy atom. The molecular weight excluding hydrogens is 240 g/mol. The molecule has 0 saturated carbocycles. The fourth-order valence-electron chi connectivity index (χ4n) is 2.62. The Bertz CT molecular complexity index is 675. The van der Waals surface area contributed by atoms with Crippen molar-refractivity contribution in [2.24, 2.45) is 0 Å². The van der Waals surface area contributed by atoms with Crippen LogP contribution in [0.3, 0.4) is 0 Å².